The first-order valence-corrected chi connectivity index (χ1v) is 13.8. The molecular weight excluding hydrogens is 458 g/mol. The second kappa shape index (κ2) is 19.8. The van der Waals surface area contributed by atoms with Gasteiger partial charge in [0.05, 0.1) is 30.8 Å². The second-order valence-electron chi connectivity index (χ2n) is 9.36. The molecule has 0 aliphatic heterocycles. The Kier molecular flexibility index (Phi) is 21.4. The monoisotopic (exact) mass is 506 g/mol. The molecular formula is C21H48O9P2. The first-order chi connectivity index (χ1) is 14.9. The van der Waals surface area contributed by atoms with E-state index in [2.05, 4.69) is 32.0 Å². The second-order valence-corrected chi connectivity index (χ2v) is 11.0. The molecule has 0 aromatic rings. The highest BCUT2D eigenvalue weighted by Crippen LogP contribution is 2.42. The van der Waals surface area contributed by atoms with E-state index < -0.39 is 48.0 Å². The summed E-state index contributed by atoms with van der Waals surface area (Å²) in [5.74, 6) is 1.37. The standard InChI is InChI=1S/C21H44O4.H4O5P2/c1-18(2)11-7-5-9-13-21(25,20(15-22,16-23)17-24)14-10-6-8-12-19(3)4;1-6(2)5-7(3)4/h18-19,22-25H,5-17H2,1-4H3;1-4H. The van der Waals surface area contributed by atoms with E-state index in [1.165, 1.54) is 12.8 Å². The van der Waals surface area contributed by atoms with Gasteiger partial charge in [-0.1, -0.05) is 79.1 Å². The van der Waals surface area contributed by atoms with Crippen molar-refractivity contribution in [3.63, 3.8) is 0 Å². The predicted molar refractivity (Wildman–Crippen MR) is 128 cm³/mol. The molecule has 0 aromatic heterocycles. The summed E-state index contributed by atoms with van der Waals surface area (Å²) in [5, 5.41) is 40.6. The SMILES string of the molecule is CC(C)CCCCCC(O)(CCCCCC(C)C)C(CO)(CO)CO.OP(O)OP(O)O. The zero-order valence-electron chi connectivity index (χ0n) is 20.2. The molecule has 0 heterocycles. The van der Waals surface area contributed by atoms with Gasteiger partial charge in [0.2, 0.25) is 0 Å². The quantitative estimate of drug-likeness (QED) is 0.103. The summed E-state index contributed by atoms with van der Waals surface area (Å²) in [6, 6.07) is 0. The van der Waals surface area contributed by atoms with Gasteiger partial charge in [-0.05, 0) is 24.7 Å². The largest absolute Gasteiger partial charge is 0.395 e. The van der Waals surface area contributed by atoms with Crippen molar-refractivity contribution in [3.8, 4) is 0 Å². The van der Waals surface area contributed by atoms with E-state index in [-0.39, 0.29) is 0 Å². The van der Waals surface area contributed by atoms with Crippen LogP contribution in [-0.2, 0) is 4.31 Å². The molecule has 0 aliphatic carbocycles. The minimum Gasteiger partial charge on any atom is -0.395 e. The fourth-order valence-corrected chi connectivity index (χ4v) is 4.13. The van der Waals surface area contributed by atoms with Crippen molar-refractivity contribution in [2.45, 2.75) is 97.5 Å². The Morgan fingerprint density at radius 3 is 1.19 bits per heavy atom. The summed E-state index contributed by atoms with van der Waals surface area (Å²) in [6.45, 7) is 7.66. The molecule has 8 N–H and O–H groups in total. The third-order valence-electron chi connectivity index (χ3n) is 5.78. The molecule has 0 radical (unpaired) electrons. The van der Waals surface area contributed by atoms with E-state index in [0.717, 1.165) is 38.5 Å². The molecule has 0 aliphatic rings. The van der Waals surface area contributed by atoms with E-state index in [9.17, 15) is 20.4 Å². The number of hydrogen-bond acceptors (Lipinski definition) is 9. The van der Waals surface area contributed by atoms with Gasteiger partial charge < -0.3 is 40.0 Å². The van der Waals surface area contributed by atoms with E-state index in [0.29, 0.717) is 24.7 Å². The fourth-order valence-electron chi connectivity index (χ4n) is 3.61. The maximum atomic E-state index is 11.3. The summed E-state index contributed by atoms with van der Waals surface area (Å²) in [5.41, 5.74) is -2.43. The van der Waals surface area contributed by atoms with Crippen molar-refractivity contribution in [1.29, 1.82) is 0 Å². The highest BCUT2D eigenvalue weighted by Gasteiger charge is 2.48. The Balaban J connectivity index is 0. The molecule has 0 amide bonds. The number of aliphatic hydroxyl groups excluding tert-OH is 3. The zero-order chi connectivity index (χ0) is 25.2. The molecule has 0 rings (SSSR count). The van der Waals surface area contributed by atoms with Crippen LogP contribution in [0.15, 0.2) is 0 Å². The van der Waals surface area contributed by atoms with E-state index >= 15 is 0 Å². The molecule has 32 heavy (non-hydrogen) atoms. The molecule has 0 aromatic carbocycles. The summed E-state index contributed by atoms with van der Waals surface area (Å²) in [4.78, 5) is 31.3. The molecule has 0 atom stereocenters. The summed E-state index contributed by atoms with van der Waals surface area (Å²) in [6.07, 6.45) is 9.46. The molecule has 0 saturated carbocycles. The summed E-state index contributed by atoms with van der Waals surface area (Å²) in [7, 11) is -5.22. The Bertz CT molecular complexity index is 388. The molecule has 11 heteroatoms. The minimum absolute atomic E-state index is 0.394. The van der Waals surface area contributed by atoms with E-state index in [4.69, 9.17) is 19.6 Å². The van der Waals surface area contributed by atoms with E-state index in [1.807, 2.05) is 0 Å². The minimum atomic E-state index is -2.61. The lowest BCUT2D eigenvalue weighted by Gasteiger charge is -2.44. The van der Waals surface area contributed by atoms with Crippen molar-refractivity contribution in [2.75, 3.05) is 19.8 Å². The number of rotatable bonds is 18. The van der Waals surface area contributed by atoms with Gasteiger partial charge in [0, 0.05) is 0 Å². The number of unbranched alkanes of at least 4 members (excludes halogenated alkanes) is 4. The third-order valence-corrected chi connectivity index (χ3v) is 6.95. The summed E-state index contributed by atoms with van der Waals surface area (Å²) < 4.78 is 3.60. The summed E-state index contributed by atoms with van der Waals surface area (Å²) >= 11 is 0. The highest BCUT2D eigenvalue weighted by molar-refractivity contribution is 7.53. The molecule has 0 spiro atoms. The fraction of sp³-hybridized carbons (Fsp3) is 1.00. The molecule has 0 bridgehead atoms. The van der Waals surface area contributed by atoms with Crippen molar-refractivity contribution >= 4 is 17.2 Å². The van der Waals surface area contributed by atoms with Crippen LogP contribution in [0.4, 0.5) is 0 Å². The lowest BCUT2D eigenvalue weighted by molar-refractivity contribution is -0.162. The molecule has 9 nitrogen and oxygen atoms in total. The van der Waals surface area contributed by atoms with Gasteiger partial charge in [0.15, 0.2) is 0 Å². The molecule has 0 unspecified atom stereocenters. The van der Waals surface area contributed by atoms with Crippen molar-refractivity contribution in [3.05, 3.63) is 0 Å². The van der Waals surface area contributed by atoms with Crippen LogP contribution in [0.1, 0.15) is 91.9 Å². The molecule has 0 fully saturated rings. The van der Waals surface area contributed by atoms with Crippen molar-refractivity contribution in [2.24, 2.45) is 17.3 Å². The van der Waals surface area contributed by atoms with Gasteiger partial charge in [0.1, 0.15) is 0 Å². The van der Waals surface area contributed by atoms with Crippen LogP contribution in [-0.4, -0.2) is 65.4 Å². The van der Waals surface area contributed by atoms with Crippen LogP contribution in [0.5, 0.6) is 0 Å². The first kappa shape index (κ1) is 34.7. The van der Waals surface area contributed by atoms with Crippen LogP contribution in [0.3, 0.4) is 0 Å². The Morgan fingerprint density at radius 2 is 0.969 bits per heavy atom. The van der Waals surface area contributed by atoms with Gasteiger partial charge in [-0.25, -0.2) is 4.31 Å². The van der Waals surface area contributed by atoms with Crippen LogP contribution < -0.4 is 0 Å². The van der Waals surface area contributed by atoms with Crippen molar-refractivity contribution < 1.29 is 44.3 Å². The Hall–Kier alpha value is 0.500. The van der Waals surface area contributed by atoms with Gasteiger partial charge in [0.25, 0.3) is 0 Å². The predicted octanol–water partition coefficient (Wildman–Crippen LogP) is 3.32. The number of aliphatic hydroxyl groups is 4. The Morgan fingerprint density at radius 1 is 0.625 bits per heavy atom. The highest BCUT2D eigenvalue weighted by atomic mass is 31.2. The van der Waals surface area contributed by atoms with Crippen LogP contribution >= 0.6 is 17.2 Å². The van der Waals surface area contributed by atoms with E-state index in [1.54, 1.807) is 0 Å². The Labute approximate surface area is 196 Å². The maximum Gasteiger partial charge on any atom is 0.334 e. The molecule has 0 saturated heterocycles. The zero-order valence-corrected chi connectivity index (χ0v) is 22.0. The number of hydrogen-bond donors (Lipinski definition) is 8. The van der Waals surface area contributed by atoms with Crippen LogP contribution in [0, 0.1) is 17.3 Å². The average Bonchev–Trinajstić information content (AvgIpc) is 2.68. The lowest BCUT2D eigenvalue weighted by Crippen LogP contribution is -2.55. The van der Waals surface area contributed by atoms with Gasteiger partial charge in [-0.3, -0.25) is 0 Å². The van der Waals surface area contributed by atoms with Gasteiger partial charge >= 0.3 is 17.2 Å². The maximum absolute atomic E-state index is 11.3. The normalized spacial score (nSPS) is 12.8. The van der Waals surface area contributed by atoms with Gasteiger partial charge in [-0.2, -0.15) is 0 Å². The van der Waals surface area contributed by atoms with Gasteiger partial charge in [-0.15, -0.1) is 0 Å². The average molecular weight is 507 g/mol. The van der Waals surface area contributed by atoms with Crippen LogP contribution in [0.2, 0.25) is 0 Å². The smallest absolute Gasteiger partial charge is 0.334 e. The first-order valence-electron chi connectivity index (χ1n) is 11.5. The molecule has 196 valence electrons. The van der Waals surface area contributed by atoms with Crippen LogP contribution in [0.25, 0.3) is 0 Å². The van der Waals surface area contributed by atoms with Crippen molar-refractivity contribution in [1.82, 2.24) is 0 Å². The third kappa shape index (κ3) is 16.2. The lowest BCUT2D eigenvalue weighted by atomic mass is 9.68. The topological polar surface area (TPSA) is 171 Å².